The third-order valence-electron chi connectivity index (χ3n) is 11.5. The molecule has 6 heteroatoms. The van der Waals surface area contributed by atoms with Crippen LogP contribution in [-0.4, -0.2) is 37.2 Å². The fourth-order valence-corrected chi connectivity index (χ4v) is 7.45. The molecule has 0 radical (unpaired) electrons. The zero-order valence-electron chi connectivity index (χ0n) is 41.1. The van der Waals surface area contributed by atoms with Gasteiger partial charge in [-0.15, -0.1) is 0 Å². The van der Waals surface area contributed by atoms with Crippen molar-refractivity contribution in [3.8, 4) is 0 Å². The quantitative estimate of drug-likeness (QED) is 0.0262. The lowest BCUT2D eigenvalue weighted by atomic mass is 10.1. The molecule has 1 atom stereocenters. The second kappa shape index (κ2) is 51.0. The average molecular weight is 869 g/mol. The predicted octanol–water partition coefficient (Wildman–Crippen LogP) is 17.5. The van der Waals surface area contributed by atoms with Crippen molar-refractivity contribution in [1.82, 2.24) is 0 Å². The molecule has 0 aliphatic heterocycles. The summed E-state index contributed by atoms with van der Waals surface area (Å²) < 4.78 is 16.8. The maximum atomic E-state index is 12.8. The van der Waals surface area contributed by atoms with Crippen molar-refractivity contribution in [2.75, 3.05) is 13.2 Å². The molecule has 0 N–H and O–H groups in total. The highest BCUT2D eigenvalue weighted by Gasteiger charge is 2.19. The van der Waals surface area contributed by atoms with Gasteiger partial charge in [0.1, 0.15) is 13.2 Å². The monoisotopic (exact) mass is 869 g/mol. The zero-order chi connectivity index (χ0) is 45.1. The summed E-state index contributed by atoms with van der Waals surface area (Å²) in [5.74, 6) is -0.903. The highest BCUT2D eigenvalue weighted by molar-refractivity contribution is 5.71. The molecule has 6 nitrogen and oxygen atoms in total. The van der Waals surface area contributed by atoms with Crippen molar-refractivity contribution < 1.29 is 28.6 Å². The lowest BCUT2D eigenvalue weighted by molar-refractivity contribution is -0.167. The first-order chi connectivity index (χ1) is 30.5. The summed E-state index contributed by atoms with van der Waals surface area (Å²) in [6, 6.07) is 0. The van der Waals surface area contributed by atoms with Crippen LogP contribution < -0.4 is 0 Å². The third-order valence-corrected chi connectivity index (χ3v) is 11.5. The summed E-state index contributed by atoms with van der Waals surface area (Å²) in [5.41, 5.74) is 0. The Labute approximate surface area is 384 Å². The molecule has 0 spiro atoms. The Morgan fingerprint density at radius 3 is 0.968 bits per heavy atom. The van der Waals surface area contributed by atoms with Gasteiger partial charge in [-0.3, -0.25) is 14.4 Å². The van der Waals surface area contributed by atoms with E-state index in [1.165, 1.54) is 141 Å². The van der Waals surface area contributed by atoms with Crippen LogP contribution in [0.4, 0.5) is 0 Å². The number of esters is 3. The van der Waals surface area contributed by atoms with E-state index in [4.69, 9.17) is 14.2 Å². The molecule has 0 saturated carbocycles. The van der Waals surface area contributed by atoms with E-state index in [1.807, 2.05) is 0 Å². The van der Waals surface area contributed by atoms with Crippen LogP contribution in [0.2, 0.25) is 0 Å². The first kappa shape index (κ1) is 59.4. The summed E-state index contributed by atoms with van der Waals surface area (Å²) in [6.45, 7) is 6.57. The van der Waals surface area contributed by atoms with Gasteiger partial charge in [0.2, 0.25) is 0 Å². The minimum atomic E-state index is -0.784. The number of carbonyl (C=O) groups excluding carboxylic acids is 3. The minimum Gasteiger partial charge on any atom is -0.462 e. The second-order valence-corrected chi connectivity index (χ2v) is 17.8. The van der Waals surface area contributed by atoms with Crippen molar-refractivity contribution in [3.05, 3.63) is 48.6 Å². The summed E-state index contributed by atoms with van der Waals surface area (Å²) in [5, 5.41) is 0. The molecule has 0 rings (SSSR count). The van der Waals surface area contributed by atoms with E-state index in [2.05, 4.69) is 69.4 Å². The highest BCUT2D eigenvalue weighted by atomic mass is 16.6. The number of ether oxygens (including phenoxy) is 3. The predicted molar refractivity (Wildman–Crippen MR) is 265 cm³/mol. The fourth-order valence-electron chi connectivity index (χ4n) is 7.45. The van der Waals surface area contributed by atoms with Gasteiger partial charge in [0.25, 0.3) is 0 Å². The minimum absolute atomic E-state index is 0.0828. The van der Waals surface area contributed by atoms with Crippen molar-refractivity contribution in [1.29, 1.82) is 0 Å². The number of carbonyl (C=O) groups is 3. The maximum absolute atomic E-state index is 12.8. The standard InChI is InChI=1S/C56H100O6/c1-4-7-10-13-16-19-22-25-27-28-29-32-34-37-40-43-46-49-55(58)61-52-53(51-60-54(57)48-45-42-39-36-33-30-24-21-18-15-12-9-6-3)62-56(59)50-47-44-41-38-35-31-26-23-20-17-14-11-8-5-2/h14,17,21,23-27,53H,4-13,15-16,18-20,22,28-52H2,1-3H3/b17-14+,24-21+,26-23+,27-25+/t53-/m1/s1. The molecule has 0 unspecified atom stereocenters. The van der Waals surface area contributed by atoms with E-state index >= 15 is 0 Å². The molecule has 0 aliphatic rings. The Bertz CT molecular complexity index is 1090. The summed E-state index contributed by atoms with van der Waals surface area (Å²) in [4.78, 5) is 38.0. The smallest absolute Gasteiger partial charge is 0.306 e. The first-order valence-electron chi connectivity index (χ1n) is 26.6. The first-order valence-corrected chi connectivity index (χ1v) is 26.6. The fraction of sp³-hybridized carbons (Fsp3) is 0.804. The van der Waals surface area contributed by atoms with Gasteiger partial charge in [-0.25, -0.2) is 0 Å². The van der Waals surface area contributed by atoms with Gasteiger partial charge < -0.3 is 14.2 Å². The number of hydrogen-bond donors (Lipinski definition) is 0. The van der Waals surface area contributed by atoms with E-state index in [9.17, 15) is 14.4 Å². The second-order valence-electron chi connectivity index (χ2n) is 17.8. The van der Waals surface area contributed by atoms with Gasteiger partial charge in [0.05, 0.1) is 0 Å². The Morgan fingerprint density at radius 1 is 0.323 bits per heavy atom. The van der Waals surface area contributed by atoms with Gasteiger partial charge >= 0.3 is 17.9 Å². The van der Waals surface area contributed by atoms with Crippen LogP contribution in [0.15, 0.2) is 48.6 Å². The lowest BCUT2D eigenvalue weighted by Gasteiger charge is -2.18. The molecule has 0 saturated heterocycles. The molecule has 0 aromatic heterocycles. The topological polar surface area (TPSA) is 78.9 Å². The van der Waals surface area contributed by atoms with Crippen LogP contribution in [0, 0.1) is 0 Å². The van der Waals surface area contributed by atoms with Crippen LogP contribution >= 0.6 is 0 Å². The van der Waals surface area contributed by atoms with Crippen LogP contribution in [-0.2, 0) is 28.6 Å². The van der Waals surface area contributed by atoms with E-state index in [0.29, 0.717) is 19.3 Å². The number of hydrogen-bond acceptors (Lipinski definition) is 6. The largest absolute Gasteiger partial charge is 0.462 e. The molecule has 62 heavy (non-hydrogen) atoms. The SMILES string of the molecule is CCCC/C=C/C/C=C/CCCCCCCC(=O)O[C@H](COC(=O)CCCCCCC/C=C/CCCCCC)COC(=O)CCCCCCCCC/C=C/CCCCCCCC. The van der Waals surface area contributed by atoms with E-state index in [-0.39, 0.29) is 31.1 Å². The molecule has 0 heterocycles. The van der Waals surface area contributed by atoms with Crippen molar-refractivity contribution in [3.63, 3.8) is 0 Å². The molecule has 0 aliphatic carbocycles. The number of unbranched alkanes of at least 4 members (excludes halogenated alkanes) is 29. The Balaban J connectivity index is 4.39. The van der Waals surface area contributed by atoms with Gasteiger partial charge in [0.15, 0.2) is 6.10 Å². The highest BCUT2D eigenvalue weighted by Crippen LogP contribution is 2.14. The molecule has 0 amide bonds. The summed E-state index contributed by atoms with van der Waals surface area (Å²) in [7, 11) is 0. The van der Waals surface area contributed by atoms with Gasteiger partial charge in [-0.2, -0.15) is 0 Å². The van der Waals surface area contributed by atoms with Crippen LogP contribution in [0.5, 0.6) is 0 Å². The van der Waals surface area contributed by atoms with Crippen LogP contribution in [0.1, 0.15) is 271 Å². The Hall–Kier alpha value is -2.63. The Morgan fingerprint density at radius 2 is 0.597 bits per heavy atom. The molecule has 0 bridgehead atoms. The van der Waals surface area contributed by atoms with E-state index < -0.39 is 6.10 Å². The van der Waals surface area contributed by atoms with Gasteiger partial charge in [0, 0.05) is 19.3 Å². The van der Waals surface area contributed by atoms with Crippen molar-refractivity contribution in [2.24, 2.45) is 0 Å². The molecular formula is C56H100O6. The zero-order valence-corrected chi connectivity index (χ0v) is 41.1. The van der Waals surface area contributed by atoms with Crippen molar-refractivity contribution >= 4 is 17.9 Å². The van der Waals surface area contributed by atoms with Gasteiger partial charge in [-0.05, 0) is 96.3 Å². The normalized spacial score (nSPS) is 12.4. The lowest BCUT2D eigenvalue weighted by Crippen LogP contribution is -2.30. The van der Waals surface area contributed by atoms with E-state index in [1.54, 1.807) is 0 Å². The molecule has 0 fully saturated rings. The van der Waals surface area contributed by atoms with Gasteiger partial charge in [-0.1, -0.05) is 204 Å². The summed E-state index contributed by atoms with van der Waals surface area (Å²) >= 11 is 0. The number of rotatable bonds is 48. The van der Waals surface area contributed by atoms with Crippen molar-refractivity contribution in [2.45, 2.75) is 277 Å². The Kier molecular flexibility index (Phi) is 48.8. The molecular weight excluding hydrogens is 769 g/mol. The molecule has 360 valence electrons. The maximum Gasteiger partial charge on any atom is 0.306 e. The van der Waals surface area contributed by atoms with E-state index in [0.717, 1.165) is 89.9 Å². The van der Waals surface area contributed by atoms with Crippen LogP contribution in [0.25, 0.3) is 0 Å². The average Bonchev–Trinajstić information content (AvgIpc) is 3.27. The summed E-state index contributed by atoms with van der Waals surface area (Å²) in [6.07, 6.45) is 60.9. The number of allylic oxidation sites excluding steroid dienone is 8. The molecule has 0 aromatic rings. The molecule has 0 aromatic carbocycles. The van der Waals surface area contributed by atoms with Crippen LogP contribution in [0.3, 0.4) is 0 Å². The third kappa shape index (κ3) is 48.4.